The van der Waals surface area contributed by atoms with Crippen molar-refractivity contribution in [3.05, 3.63) is 34.8 Å². The number of ether oxygens (including phenoxy) is 1. The fourth-order valence-electron chi connectivity index (χ4n) is 9.78. The maximum absolute atomic E-state index is 14.4. The molecule has 0 aliphatic heterocycles. The van der Waals surface area contributed by atoms with Crippen LogP contribution < -0.4 is 0 Å². The molecule has 5 aliphatic carbocycles. The third-order valence-corrected chi connectivity index (χ3v) is 12.3. The Labute approximate surface area is 229 Å². The molecule has 0 aromatic carbocycles. The van der Waals surface area contributed by atoms with E-state index in [4.69, 9.17) is 12.7 Å². The number of ketones is 2. The van der Waals surface area contributed by atoms with E-state index in [0.717, 1.165) is 24.8 Å². The number of fused-ring (bicyclic) bond motifs is 7. The highest BCUT2D eigenvalue weighted by molar-refractivity contribution is 6.03. The van der Waals surface area contributed by atoms with Gasteiger partial charge >= 0.3 is 5.97 Å². The molecule has 0 amide bonds. The summed E-state index contributed by atoms with van der Waals surface area (Å²) in [5.41, 5.74) is -3.57. The van der Waals surface area contributed by atoms with E-state index in [1.165, 1.54) is 14.5 Å². The molecule has 5 rings (SSSR count). The van der Waals surface area contributed by atoms with Gasteiger partial charge in [-0.2, -0.15) is 0 Å². The van der Waals surface area contributed by atoms with Crippen LogP contribution >= 0.6 is 0 Å². The number of hydrogen-bond acceptors (Lipinski definition) is 5. The van der Waals surface area contributed by atoms with Crippen LogP contribution in [0, 0.1) is 51.4 Å². The van der Waals surface area contributed by atoms with Crippen molar-refractivity contribution in [2.45, 2.75) is 99.5 Å². The Morgan fingerprint density at radius 2 is 1.76 bits per heavy atom. The lowest BCUT2D eigenvalue weighted by Gasteiger charge is -2.70. The summed E-state index contributed by atoms with van der Waals surface area (Å²) in [6.07, 6.45) is 8.11. The van der Waals surface area contributed by atoms with Gasteiger partial charge in [-0.15, -0.1) is 0 Å². The van der Waals surface area contributed by atoms with E-state index in [1.807, 2.05) is 13.0 Å². The van der Waals surface area contributed by atoms with Gasteiger partial charge in [-0.1, -0.05) is 60.6 Å². The number of carbonyl (C=O) groups excluding carboxylic acids is 3. The number of rotatable bonds is 1. The molecule has 3 fully saturated rings. The lowest BCUT2D eigenvalue weighted by Crippen LogP contribution is -2.74. The Balaban J connectivity index is 0.00000172. The van der Waals surface area contributed by atoms with Gasteiger partial charge in [-0.3, -0.25) is 9.59 Å². The van der Waals surface area contributed by atoms with Gasteiger partial charge in [0.05, 0.1) is 19.1 Å². The molecule has 0 unspecified atom stereocenters. The largest absolute Gasteiger partial charge is 0.469 e. The zero-order valence-electron chi connectivity index (χ0n) is 25.4. The zero-order chi connectivity index (χ0) is 29.4. The summed E-state index contributed by atoms with van der Waals surface area (Å²) in [7, 11) is 2.66. The maximum atomic E-state index is 14.4. The minimum atomic E-state index is -1.71. The first kappa shape index (κ1) is 27.3. The van der Waals surface area contributed by atoms with Crippen molar-refractivity contribution >= 4 is 17.5 Å². The normalized spacial score (nSPS) is 47.2. The predicted molar refractivity (Wildman–Crippen MR) is 145 cm³/mol. The monoisotopic (exact) mass is 525 g/mol. The highest BCUT2D eigenvalue weighted by Gasteiger charge is 2.76. The molecule has 0 saturated heterocycles. The molecule has 1 N–H and O–H groups in total. The number of carbonyl (C=O) groups is 3. The van der Waals surface area contributed by atoms with Crippen molar-refractivity contribution in [3.63, 3.8) is 0 Å². The highest BCUT2D eigenvalue weighted by Crippen LogP contribution is 2.75. The summed E-state index contributed by atoms with van der Waals surface area (Å²) < 4.78 is 11.1. The van der Waals surface area contributed by atoms with Crippen LogP contribution in [0.3, 0.4) is 0 Å². The van der Waals surface area contributed by atoms with E-state index in [2.05, 4.69) is 39.5 Å². The fraction of sp³-hybridized carbons (Fsp3) is 0.750. The third-order valence-electron chi connectivity index (χ3n) is 12.3. The number of aliphatic hydroxyl groups is 1. The van der Waals surface area contributed by atoms with Crippen molar-refractivity contribution in [1.29, 1.82) is 0 Å². The molecule has 8 atom stereocenters. The molecule has 38 heavy (non-hydrogen) atoms. The first-order chi connectivity index (χ1) is 18.1. The average Bonchev–Trinajstić information content (AvgIpc) is 2.90. The molecule has 0 bridgehead atoms. The molecule has 0 aromatic heterocycles. The molecule has 6 heteroatoms. The quantitative estimate of drug-likeness (QED) is 0.331. The second-order valence-corrected chi connectivity index (χ2v) is 14.1. The first-order valence-electron chi connectivity index (χ1n) is 14.8. The fourth-order valence-corrected chi connectivity index (χ4v) is 9.78. The van der Waals surface area contributed by atoms with Crippen LogP contribution in [0.4, 0.5) is 0 Å². The number of esters is 1. The summed E-state index contributed by atoms with van der Waals surface area (Å²) in [6, 6.07) is 0. The van der Waals surface area contributed by atoms with E-state index in [-0.39, 0.29) is 40.5 Å². The number of hydrogen-bond donors (Lipinski definition) is 1. The van der Waals surface area contributed by atoms with Gasteiger partial charge in [-0.05, 0) is 67.8 Å². The van der Waals surface area contributed by atoms with Crippen LogP contribution in [-0.4, -0.2) is 35.4 Å². The second-order valence-electron chi connectivity index (χ2n) is 14.1. The van der Waals surface area contributed by atoms with Crippen molar-refractivity contribution in [2.24, 2.45) is 44.8 Å². The Hall–Kier alpha value is -2.26. The molecular weight excluding hydrogens is 478 g/mol. The number of nitrogens with zero attached hydrogens (tertiary/aromatic N) is 1. The van der Waals surface area contributed by atoms with E-state index in [0.29, 0.717) is 25.7 Å². The SMILES string of the molecule is [3H]C.[C-]#[N+]C1=C[C@]2(C)C3=CC(=O)[C@]4(O)[C@@H]5CC(C)(C)CC[C@]5(C(=O)OC)CC[C@@]4(C)[C@]3(C)CC[C@H]2[C@H](C)C1=O. The molecule has 6 nitrogen and oxygen atoms in total. The van der Waals surface area contributed by atoms with Gasteiger partial charge in [0.1, 0.15) is 5.60 Å². The molecule has 0 spiro atoms. The van der Waals surface area contributed by atoms with Crippen LogP contribution in [-0.2, 0) is 19.1 Å². The number of allylic oxidation sites excluding steroid dienone is 3. The standard InChI is InChI=1S/C31H41NO5.CH4/c1-18-19-9-10-28(5)21(27(19,4)16-20(32-7)24(18)34)15-23(33)31(36)22-17-26(2,3)11-13-30(22,25(35)37-8)14-12-29(28,31)6;/h15-16,18-19,22,36H,9-14,17H2,1-6,8H3;1H4/t18-,19-,22+,27-,28+,29-,30-,31+;/m0./s1/i;1T. The Morgan fingerprint density at radius 3 is 2.37 bits per heavy atom. The average molecular weight is 526 g/mol. The topological polar surface area (TPSA) is 85.0 Å². The molecule has 5 aliphatic rings. The number of Topliss-reactive ketones (excluding diaryl/α,β-unsaturated/α-hetero) is 1. The maximum Gasteiger partial charge on any atom is 0.312 e. The zero-order valence-corrected chi connectivity index (χ0v) is 24.4. The Bertz CT molecular complexity index is 1210. The van der Waals surface area contributed by atoms with Crippen LogP contribution in [0.2, 0.25) is 0 Å². The minimum Gasteiger partial charge on any atom is -0.469 e. The van der Waals surface area contributed by atoms with Crippen LogP contribution in [0.25, 0.3) is 4.85 Å². The van der Waals surface area contributed by atoms with E-state index in [9.17, 15) is 19.5 Å². The van der Waals surface area contributed by atoms with Crippen molar-refractivity contribution in [3.8, 4) is 0 Å². The summed E-state index contributed by atoms with van der Waals surface area (Å²) in [6.45, 7) is 20.1. The summed E-state index contributed by atoms with van der Waals surface area (Å²) in [5, 5.41) is 12.8. The van der Waals surface area contributed by atoms with Gasteiger partial charge in [0.25, 0.3) is 0 Å². The lowest BCUT2D eigenvalue weighted by molar-refractivity contribution is -0.247. The van der Waals surface area contributed by atoms with E-state index < -0.39 is 33.2 Å². The molecule has 208 valence electrons. The molecule has 3 saturated carbocycles. The molecule has 0 heterocycles. The van der Waals surface area contributed by atoms with Gasteiger partial charge in [0.2, 0.25) is 5.70 Å². The van der Waals surface area contributed by atoms with Gasteiger partial charge in [0.15, 0.2) is 11.6 Å². The Morgan fingerprint density at radius 1 is 1.13 bits per heavy atom. The van der Waals surface area contributed by atoms with Crippen LogP contribution in [0.5, 0.6) is 0 Å². The van der Waals surface area contributed by atoms with Crippen LogP contribution in [0.1, 0.15) is 95.3 Å². The van der Waals surface area contributed by atoms with Gasteiger partial charge < -0.3 is 14.6 Å². The van der Waals surface area contributed by atoms with E-state index in [1.54, 1.807) is 6.08 Å². The van der Waals surface area contributed by atoms with Crippen molar-refractivity contribution in [2.75, 3.05) is 7.11 Å². The van der Waals surface area contributed by atoms with Crippen molar-refractivity contribution in [1.82, 2.24) is 0 Å². The van der Waals surface area contributed by atoms with Gasteiger partial charge in [-0.25, -0.2) is 4.85 Å². The van der Waals surface area contributed by atoms with Crippen LogP contribution in [0.15, 0.2) is 23.4 Å². The smallest absolute Gasteiger partial charge is 0.312 e. The van der Waals surface area contributed by atoms with E-state index >= 15 is 0 Å². The molecular formula is C32H45NO5. The summed E-state index contributed by atoms with van der Waals surface area (Å²) in [5.74, 6) is -1.59. The number of methoxy groups -OCH3 is 1. The summed E-state index contributed by atoms with van der Waals surface area (Å²) >= 11 is 0. The second kappa shape index (κ2) is 8.37. The first-order valence-corrected chi connectivity index (χ1v) is 13.8. The third kappa shape index (κ3) is 3.12. The Kier molecular flexibility index (Phi) is 6.02. The molecule has 0 aromatic rings. The highest BCUT2D eigenvalue weighted by atomic mass is 16.5. The summed E-state index contributed by atoms with van der Waals surface area (Å²) in [4.78, 5) is 44.2. The predicted octanol–water partition coefficient (Wildman–Crippen LogP) is 6.09. The van der Waals surface area contributed by atoms with Crippen molar-refractivity contribution < 1.29 is 25.6 Å². The lowest BCUT2D eigenvalue weighted by atomic mass is 9.33. The van der Waals surface area contributed by atoms with Gasteiger partial charge in [0, 0.05) is 24.0 Å². The minimum absolute atomic E-state index is 0.00113. The molecule has 0 radical (unpaired) electrons.